The van der Waals surface area contributed by atoms with Crippen molar-refractivity contribution in [2.24, 2.45) is 0 Å². The van der Waals surface area contributed by atoms with E-state index in [0.29, 0.717) is 23.0 Å². The highest BCUT2D eigenvalue weighted by molar-refractivity contribution is 6.31. The monoisotopic (exact) mass is 392 g/mol. The van der Waals surface area contributed by atoms with Crippen LogP contribution >= 0.6 is 11.6 Å². The Kier molecular flexibility index (Phi) is 5.22. The molecule has 1 aliphatic rings. The molecule has 4 nitrogen and oxygen atoms in total. The fraction of sp³-hybridized carbons (Fsp3) is 0.174. The van der Waals surface area contributed by atoms with Gasteiger partial charge in [0.15, 0.2) is 0 Å². The van der Waals surface area contributed by atoms with Gasteiger partial charge in [-0.05, 0) is 41.3 Å². The summed E-state index contributed by atoms with van der Waals surface area (Å²) in [5.41, 5.74) is 3.98. The van der Waals surface area contributed by atoms with E-state index in [-0.39, 0.29) is 12.1 Å². The lowest BCUT2D eigenvalue weighted by molar-refractivity contribution is 0.194. The van der Waals surface area contributed by atoms with E-state index in [1.165, 1.54) is 5.56 Å². The normalized spacial score (nSPS) is 15.6. The summed E-state index contributed by atoms with van der Waals surface area (Å²) in [6, 6.07) is 22.9. The van der Waals surface area contributed by atoms with E-state index in [9.17, 15) is 4.79 Å². The minimum atomic E-state index is -0.232. The molecule has 0 bridgehead atoms. The Morgan fingerprint density at radius 2 is 1.79 bits per heavy atom. The lowest BCUT2D eigenvalue weighted by atomic mass is 9.88. The minimum Gasteiger partial charge on any atom is -0.497 e. The van der Waals surface area contributed by atoms with Crippen LogP contribution in [0.1, 0.15) is 22.7 Å². The minimum absolute atomic E-state index is 0.160. The van der Waals surface area contributed by atoms with Crippen molar-refractivity contribution in [3.8, 4) is 5.75 Å². The van der Waals surface area contributed by atoms with E-state index in [4.69, 9.17) is 16.3 Å². The summed E-state index contributed by atoms with van der Waals surface area (Å²) in [6.45, 7) is 0.614. The quantitative estimate of drug-likeness (QED) is 0.636. The number of urea groups is 1. The molecule has 28 heavy (non-hydrogen) atoms. The second-order valence-corrected chi connectivity index (χ2v) is 7.14. The molecule has 0 fully saturated rings. The van der Waals surface area contributed by atoms with Crippen LogP contribution in [0.25, 0.3) is 0 Å². The second-order valence-electron chi connectivity index (χ2n) is 6.73. The Bertz CT molecular complexity index is 1010. The van der Waals surface area contributed by atoms with Gasteiger partial charge in [-0.3, -0.25) is 0 Å². The largest absolute Gasteiger partial charge is 0.497 e. The van der Waals surface area contributed by atoms with Gasteiger partial charge in [0.25, 0.3) is 0 Å². The number of rotatable bonds is 3. The third-order valence-electron chi connectivity index (χ3n) is 5.07. The van der Waals surface area contributed by atoms with Gasteiger partial charge in [0, 0.05) is 23.3 Å². The maximum Gasteiger partial charge on any atom is 0.322 e. The Hall–Kier alpha value is -2.98. The zero-order chi connectivity index (χ0) is 19.5. The van der Waals surface area contributed by atoms with Crippen LogP contribution in [-0.4, -0.2) is 24.6 Å². The molecule has 0 spiro atoms. The third-order valence-corrected chi connectivity index (χ3v) is 5.41. The third kappa shape index (κ3) is 3.56. The fourth-order valence-electron chi connectivity index (χ4n) is 3.71. The zero-order valence-electron chi connectivity index (χ0n) is 15.6. The number of carbonyl (C=O) groups is 1. The number of methoxy groups -OCH3 is 1. The molecular formula is C23H21ClN2O2. The number of halogens is 1. The average Bonchev–Trinajstić information content (AvgIpc) is 2.73. The molecule has 0 aromatic heterocycles. The molecule has 4 rings (SSSR count). The molecular weight excluding hydrogens is 372 g/mol. The van der Waals surface area contributed by atoms with Gasteiger partial charge in [-0.25, -0.2) is 4.79 Å². The molecule has 2 amide bonds. The number of ether oxygens (including phenoxy) is 1. The van der Waals surface area contributed by atoms with Crippen LogP contribution in [0.15, 0.2) is 72.8 Å². The van der Waals surface area contributed by atoms with Gasteiger partial charge in [0.05, 0.1) is 13.2 Å². The SMILES string of the molecule is COc1cccc(NC(=O)N2CCc3ccccc3[C@H]2c2ccccc2Cl)c1. The number of nitrogens with zero attached hydrogens (tertiary/aromatic N) is 1. The summed E-state index contributed by atoms with van der Waals surface area (Å²) in [5.74, 6) is 0.699. The first-order chi connectivity index (χ1) is 13.7. The van der Waals surface area contributed by atoms with Crippen LogP contribution < -0.4 is 10.1 Å². The van der Waals surface area contributed by atoms with Gasteiger partial charge in [-0.2, -0.15) is 0 Å². The van der Waals surface area contributed by atoms with Crippen LogP contribution in [0, 0.1) is 0 Å². The molecule has 0 saturated carbocycles. The van der Waals surface area contributed by atoms with Crippen molar-refractivity contribution < 1.29 is 9.53 Å². The van der Waals surface area contributed by atoms with Crippen LogP contribution in [-0.2, 0) is 6.42 Å². The molecule has 0 saturated heterocycles. The van der Waals surface area contributed by atoms with Gasteiger partial charge >= 0.3 is 6.03 Å². The number of fused-ring (bicyclic) bond motifs is 1. The van der Waals surface area contributed by atoms with Crippen LogP contribution in [0.5, 0.6) is 5.75 Å². The highest BCUT2D eigenvalue weighted by Crippen LogP contribution is 2.38. The number of hydrogen-bond acceptors (Lipinski definition) is 2. The summed E-state index contributed by atoms with van der Waals surface area (Å²) in [4.78, 5) is 15.1. The summed E-state index contributed by atoms with van der Waals surface area (Å²) >= 11 is 6.52. The maximum absolute atomic E-state index is 13.2. The standard InChI is InChI=1S/C23H21ClN2O2/c1-28-18-9-6-8-17(15-18)25-23(27)26-14-13-16-7-2-3-10-19(16)22(26)20-11-4-5-12-21(20)24/h2-12,15,22H,13-14H2,1H3,(H,25,27)/t22-/m0/s1. The van der Waals surface area contributed by atoms with Crippen molar-refractivity contribution in [2.45, 2.75) is 12.5 Å². The number of carbonyl (C=O) groups excluding carboxylic acids is 1. The fourth-order valence-corrected chi connectivity index (χ4v) is 3.95. The molecule has 1 N–H and O–H groups in total. The first-order valence-electron chi connectivity index (χ1n) is 9.21. The van der Waals surface area contributed by atoms with Gasteiger partial charge in [-0.1, -0.05) is 60.1 Å². The van der Waals surface area contributed by atoms with Crippen molar-refractivity contribution in [3.05, 3.63) is 94.5 Å². The van der Waals surface area contributed by atoms with E-state index >= 15 is 0 Å². The molecule has 1 aliphatic heterocycles. The highest BCUT2D eigenvalue weighted by Gasteiger charge is 2.33. The van der Waals surface area contributed by atoms with E-state index in [1.807, 2.05) is 59.5 Å². The van der Waals surface area contributed by atoms with E-state index < -0.39 is 0 Å². The van der Waals surface area contributed by atoms with Gasteiger partial charge in [0.1, 0.15) is 5.75 Å². The Labute approximate surface area is 169 Å². The molecule has 0 radical (unpaired) electrons. The Balaban J connectivity index is 1.70. The molecule has 1 heterocycles. The molecule has 5 heteroatoms. The van der Waals surface area contributed by atoms with Crippen LogP contribution in [0.3, 0.4) is 0 Å². The number of nitrogens with one attached hydrogen (secondary N) is 1. The van der Waals surface area contributed by atoms with Crippen molar-refractivity contribution >= 4 is 23.3 Å². The molecule has 1 atom stereocenters. The van der Waals surface area contributed by atoms with Gasteiger partial charge < -0.3 is 15.0 Å². The number of benzene rings is 3. The first-order valence-corrected chi connectivity index (χ1v) is 9.59. The summed E-state index contributed by atoms with van der Waals surface area (Å²) in [5, 5.41) is 3.66. The summed E-state index contributed by atoms with van der Waals surface area (Å²) in [6.07, 6.45) is 0.808. The van der Waals surface area contributed by atoms with Crippen molar-refractivity contribution in [2.75, 3.05) is 19.0 Å². The lowest BCUT2D eigenvalue weighted by Gasteiger charge is -2.38. The highest BCUT2D eigenvalue weighted by atomic mass is 35.5. The lowest BCUT2D eigenvalue weighted by Crippen LogP contribution is -2.43. The van der Waals surface area contributed by atoms with Crippen molar-refractivity contribution in [3.63, 3.8) is 0 Å². The zero-order valence-corrected chi connectivity index (χ0v) is 16.3. The second kappa shape index (κ2) is 7.95. The Morgan fingerprint density at radius 1 is 1.04 bits per heavy atom. The molecule has 3 aromatic carbocycles. The van der Waals surface area contributed by atoms with Gasteiger partial charge in [-0.15, -0.1) is 0 Å². The first kappa shape index (κ1) is 18.4. The smallest absolute Gasteiger partial charge is 0.322 e. The van der Waals surface area contributed by atoms with Crippen LogP contribution in [0.4, 0.5) is 10.5 Å². The molecule has 3 aromatic rings. The summed E-state index contributed by atoms with van der Waals surface area (Å²) < 4.78 is 5.25. The van der Waals surface area contributed by atoms with Crippen molar-refractivity contribution in [1.82, 2.24) is 4.90 Å². The summed E-state index contributed by atoms with van der Waals surface area (Å²) in [7, 11) is 1.61. The van der Waals surface area contributed by atoms with Crippen LogP contribution in [0.2, 0.25) is 5.02 Å². The maximum atomic E-state index is 13.2. The molecule has 142 valence electrons. The predicted molar refractivity (Wildman–Crippen MR) is 112 cm³/mol. The molecule has 0 unspecified atom stereocenters. The molecule has 0 aliphatic carbocycles. The van der Waals surface area contributed by atoms with E-state index in [2.05, 4.69) is 17.4 Å². The average molecular weight is 393 g/mol. The Morgan fingerprint density at radius 3 is 2.57 bits per heavy atom. The number of anilines is 1. The van der Waals surface area contributed by atoms with Gasteiger partial charge in [0.2, 0.25) is 0 Å². The topological polar surface area (TPSA) is 41.6 Å². The van der Waals surface area contributed by atoms with Crippen molar-refractivity contribution in [1.29, 1.82) is 0 Å². The van der Waals surface area contributed by atoms with E-state index in [1.54, 1.807) is 13.2 Å². The predicted octanol–water partition coefficient (Wildman–Crippen LogP) is 5.53. The number of hydrogen-bond donors (Lipinski definition) is 1. The number of amides is 2. The van der Waals surface area contributed by atoms with E-state index in [0.717, 1.165) is 17.5 Å².